The van der Waals surface area contributed by atoms with Crippen LogP contribution in [-0.2, 0) is 12.7 Å². The minimum absolute atomic E-state index is 0.604. The van der Waals surface area contributed by atoms with Crippen LogP contribution in [0.2, 0.25) is 0 Å². The fourth-order valence-electron chi connectivity index (χ4n) is 1.68. The second-order valence-corrected chi connectivity index (χ2v) is 4.28. The zero-order valence-electron chi connectivity index (χ0n) is 10.4. The highest BCUT2D eigenvalue weighted by Gasteiger charge is 2.29. The van der Waals surface area contributed by atoms with Gasteiger partial charge in [0.15, 0.2) is 0 Å². The van der Waals surface area contributed by atoms with Gasteiger partial charge in [0.1, 0.15) is 0 Å². The molecule has 0 atom stereocenters. The zero-order valence-corrected chi connectivity index (χ0v) is 10.4. The Morgan fingerprint density at radius 3 is 2.42 bits per heavy atom. The maximum atomic E-state index is 12.4. The van der Waals surface area contributed by atoms with Crippen LogP contribution in [0.15, 0.2) is 36.7 Å². The van der Waals surface area contributed by atoms with Crippen LogP contribution in [0, 0.1) is 6.92 Å². The molecule has 1 N–H and O–H groups in total. The highest BCUT2D eigenvalue weighted by atomic mass is 19.4. The van der Waals surface area contributed by atoms with Gasteiger partial charge in [0.25, 0.3) is 0 Å². The molecule has 1 aromatic carbocycles. The van der Waals surface area contributed by atoms with E-state index in [1.54, 1.807) is 10.9 Å². The summed E-state index contributed by atoms with van der Waals surface area (Å²) in [4.78, 5) is 0. The van der Waals surface area contributed by atoms with E-state index in [4.69, 9.17) is 0 Å². The Kier molecular flexibility index (Phi) is 3.78. The number of benzene rings is 1. The van der Waals surface area contributed by atoms with Gasteiger partial charge in [-0.25, -0.2) is 0 Å². The van der Waals surface area contributed by atoms with Crippen molar-refractivity contribution in [2.75, 3.05) is 11.9 Å². The normalized spacial score (nSPS) is 11.6. The van der Waals surface area contributed by atoms with Gasteiger partial charge in [-0.15, -0.1) is 0 Å². The summed E-state index contributed by atoms with van der Waals surface area (Å²) >= 11 is 0. The summed E-state index contributed by atoms with van der Waals surface area (Å²) in [5.74, 6) is 0. The number of hydrogen-bond acceptors (Lipinski definition) is 2. The molecule has 0 aliphatic rings. The van der Waals surface area contributed by atoms with Gasteiger partial charge in [0, 0.05) is 18.4 Å². The largest absolute Gasteiger partial charge is 0.416 e. The molecule has 0 spiro atoms. The number of alkyl halides is 3. The quantitative estimate of drug-likeness (QED) is 0.922. The third-order valence-electron chi connectivity index (χ3n) is 2.64. The lowest BCUT2D eigenvalue weighted by atomic mass is 10.2. The first-order valence-electron chi connectivity index (χ1n) is 5.85. The van der Waals surface area contributed by atoms with Crippen molar-refractivity contribution in [1.82, 2.24) is 9.78 Å². The molecule has 2 aromatic rings. The molecular formula is C13H14F3N3. The predicted octanol–water partition coefficient (Wildman–Crippen LogP) is 3.32. The molecule has 0 bridgehead atoms. The minimum Gasteiger partial charge on any atom is -0.383 e. The molecule has 0 aliphatic heterocycles. The monoisotopic (exact) mass is 269 g/mol. The van der Waals surface area contributed by atoms with Crippen molar-refractivity contribution in [3.05, 3.63) is 47.8 Å². The summed E-state index contributed by atoms with van der Waals surface area (Å²) in [6.45, 7) is 3.22. The summed E-state index contributed by atoms with van der Waals surface area (Å²) < 4.78 is 38.9. The molecule has 0 saturated carbocycles. The van der Waals surface area contributed by atoms with Gasteiger partial charge in [0.2, 0.25) is 0 Å². The van der Waals surface area contributed by atoms with Crippen LogP contribution in [0.1, 0.15) is 11.1 Å². The van der Waals surface area contributed by atoms with Crippen LogP contribution in [0.25, 0.3) is 0 Å². The van der Waals surface area contributed by atoms with E-state index in [0.29, 0.717) is 18.8 Å². The van der Waals surface area contributed by atoms with Gasteiger partial charge in [-0.1, -0.05) is 0 Å². The number of anilines is 1. The Morgan fingerprint density at radius 1 is 1.21 bits per heavy atom. The average Bonchev–Trinajstić information content (AvgIpc) is 2.75. The smallest absolute Gasteiger partial charge is 0.383 e. The Balaban J connectivity index is 1.86. The van der Waals surface area contributed by atoms with Gasteiger partial charge in [-0.2, -0.15) is 18.3 Å². The number of nitrogens with zero attached hydrogens (tertiary/aromatic N) is 2. The Labute approximate surface area is 109 Å². The first kappa shape index (κ1) is 13.5. The Morgan fingerprint density at radius 2 is 1.89 bits per heavy atom. The molecule has 102 valence electrons. The van der Waals surface area contributed by atoms with E-state index in [1.165, 1.54) is 12.1 Å². The van der Waals surface area contributed by atoms with Crippen molar-refractivity contribution in [3.63, 3.8) is 0 Å². The molecular weight excluding hydrogens is 255 g/mol. The van der Waals surface area contributed by atoms with Crippen LogP contribution < -0.4 is 5.32 Å². The predicted molar refractivity (Wildman–Crippen MR) is 66.9 cm³/mol. The summed E-state index contributed by atoms with van der Waals surface area (Å²) in [5, 5.41) is 7.17. The molecule has 0 radical (unpaired) electrons. The molecule has 1 heterocycles. The molecule has 6 heteroatoms. The molecule has 3 nitrogen and oxygen atoms in total. The van der Waals surface area contributed by atoms with E-state index in [-0.39, 0.29) is 0 Å². The molecule has 1 aromatic heterocycles. The summed E-state index contributed by atoms with van der Waals surface area (Å²) in [5.41, 5.74) is 1.10. The molecule has 0 amide bonds. The van der Waals surface area contributed by atoms with Crippen LogP contribution in [-0.4, -0.2) is 16.3 Å². The lowest BCUT2D eigenvalue weighted by Crippen LogP contribution is -2.11. The fraction of sp³-hybridized carbons (Fsp3) is 0.308. The summed E-state index contributed by atoms with van der Waals surface area (Å²) in [6.07, 6.45) is -0.613. The van der Waals surface area contributed by atoms with Gasteiger partial charge in [0.05, 0.1) is 18.3 Å². The molecule has 0 saturated heterocycles. The topological polar surface area (TPSA) is 29.9 Å². The number of hydrogen-bond donors (Lipinski definition) is 1. The van der Waals surface area contributed by atoms with Crippen LogP contribution in [0.4, 0.5) is 18.9 Å². The minimum atomic E-state index is -4.29. The van der Waals surface area contributed by atoms with E-state index in [9.17, 15) is 13.2 Å². The first-order valence-corrected chi connectivity index (χ1v) is 5.85. The van der Waals surface area contributed by atoms with Crippen LogP contribution in [0.5, 0.6) is 0 Å². The third kappa shape index (κ3) is 3.74. The SMILES string of the molecule is Cc1cnn(CCNc2ccc(C(F)(F)F)cc2)c1. The number of aryl methyl sites for hydroxylation is 1. The van der Waals surface area contributed by atoms with E-state index in [2.05, 4.69) is 10.4 Å². The molecule has 0 aliphatic carbocycles. The first-order chi connectivity index (χ1) is 8.95. The number of nitrogens with one attached hydrogen (secondary N) is 1. The van der Waals surface area contributed by atoms with Gasteiger partial charge >= 0.3 is 6.18 Å². The van der Waals surface area contributed by atoms with E-state index in [0.717, 1.165) is 17.7 Å². The van der Waals surface area contributed by atoms with Crippen LogP contribution in [0.3, 0.4) is 0 Å². The number of aromatic nitrogens is 2. The maximum Gasteiger partial charge on any atom is 0.416 e. The number of halogens is 3. The van der Waals surface area contributed by atoms with E-state index in [1.807, 2.05) is 13.1 Å². The summed E-state index contributed by atoms with van der Waals surface area (Å²) in [6, 6.07) is 5.00. The van der Waals surface area contributed by atoms with Crippen LogP contribution >= 0.6 is 0 Å². The maximum absolute atomic E-state index is 12.4. The van der Waals surface area contributed by atoms with Crippen molar-refractivity contribution < 1.29 is 13.2 Å². The molecule has 2 rings (SSSR count). The lowest BCUT2D eigenvalue weighted by Gasteiger charge is -2.09. The summed E-state index contributed by atoms with van der Waals surface area (Å²) in [7, 11) is 0. The molecule has 0 unspecified atom stereocenters. The van der Waals surface area contributed by atoms with Gasteiger partial charge in [-0.05, 0) is 36.8 Å². The third-order valence-corrected chi connectivity index (χ3v) is 2.64. The van der Waals surface area contributed by atoms with Crippen molar-refractivity contribution in [1.29, 1.82) is 0 Å². The van der Waals surface area contributed by atoms with Crippen molar-refractivity contribution in [2.24, 2.45) is 0 Å². The average molecular weight is 269 g/mol. The fourth-order valence-corrected chi connectivity index (χ4v) is 1.68. The second kappa shape index (κ2) is 5.34. The standard InChI is InChI=1S/C13H14F3N3/c1-10-8-18-19(9-10)7-6-17-12-4-2-11(3-5-12)13(14,15)16/h2-5,8-9,17H,6-7H2,1H3. The molecule has 19 heavy (non-hydrogen) atoms. The van der Waals surface area contributed by atoms with Crippen molar-refractivity contribution in [3.8, 4) is 0 Å². The highest BCUT2D eigenvalue weighted by molar-refractivity contribution is 5.45. The Hall–Kier alpha value is -1.98. The molecule has 0 fully saturated rings. The van der Waals surface area contributed by atoms with E-state index < -0.39 is 11.7 Å². The lowest BCUT2D eigenvalue weighted by molar-refractivity contribution is -0.137. The Bertz CT molecular complexity index is 529. The number of rotatable bonds is 4. The second-order valence-electron chi connectivity index (χ2n) is 4.28. The van der Waals surface area contributed by atoms with Gasteiger partial charge < -0.3 is 5.32 Å². The van der Waals surface area contributed by atoms with Crippen molar-refractivity contribution >= 4 is 5.69 Å². The van der Waals surface area contributed by atoms with E-state index >= 15 is 0 Å². The zero-order chi connectivity index (χ0) is 13.9. The van der Waals surface area contributed by atoms with Gasteiger partial charge in [-0.3, -0.25) is 4.68 Å². The van der Waals surface area contributed by atoms with Crippen molar-refractivity contribution in [2.45, 2.75) is 19.6 Å². The highest BCUT2D eigenvalue weighted by Crippen LogP contribution is 2.29.